The van der Waals surface area contributed by atoms with Crippen LogP contribution in [-0.4, -0.2) is 21.4 Å². The maximum Gasteiger partial charge on any atom is 0.119 e. The molecule has 1 aromatic heterocycles. The Kier molecular flexibility index (Phi) is 3.44. The van der Waals surface area contributed by atoms with Crippen molar-refractivity contribution in [1.82, 2.24) is 9.78 Å². The second-order valence-electron chi connectivity index (χ2n) is 4.07. The van der Waals surface area contributed by atoms with Crippen LogP contribution in [0.5, 0.6) is 5.75 Å². The summed E-state index contributed by atoms with van der Waals surface area (Å²) in [7, 11) is 1.90. The van der Waals surface area contributed by atoms with Gasteiger partial charge in [0.2, 0.25) is 0 Å². The van der Waals surface area contributed by atoms with Crippen molar-refractivity contribution in [2.45, 2.75) is 12.3 Å². The topological polar surface area (TPSA) is 64.1 Å². The first-order chi connectivity index (χ1) is 8.24. The predicted octanol–water partition coefficient (Wildman–Crippen LogP) is 1.61. The molecule has 4 heteroatoms. The van der Waals surface area contributed by atoms with Gasteiger partial charge in [-0.25, -0.2) is 0 Å². The minimum absolute atomic E-state index is 0.0914. The average Bonchev–Trinajstić information content (AvgIpc) is 2.74. The van der Waals surface area contributed by atoms with Crippen LogP contribution in [0.4, 0.5) is 0 Å². The quantitative estimate of drug-likeness (QED) is 0.840. The number of aromatic hydroxyl groups is 1. The smallest absolute Gasteiger partial charge is 0.119 e. The van der Waals surface area contributed by atoms with Crippen LogP contribution in [0.15, 0.2) is 36.5 Å². The second kappa shape index (κ2) is 5.01. The van der Waals surface area contributed by atoms with Gasteiger partial charge in [-0.15, -0.1) is 0 Å². The molecule has 1 unspecified atom stereocenters. The van der Waals surface area contributed by atoms with E-state index in [4.69, 9.17) is 5.73 Å². The highest BCUT2D eigenvalue weighted by Gasteiger charge is 2.19. The van der Waals surface area contributed by atoms with Crippen molar-refractivity contribution >= 4 is 0 Å². The van der Waals surface area contributed by atoms with Crippen molar-refractivity contribution < 1.29 is 5.11 Å². The fourth-order valence-electron chi connectivity index (χ4n) is 2.14. The number of aromatic nitrogens is 2. The molecule has 0 amide bonds. The SMILES string of the molecule is Cn1nccc1C(CCN)c1ccccc1O. The number of rotatable bonds is 4. The molecule has 0 saturated carbocycles. The summed E-state index contributed by atoms with van der Waals surface area (Å²) in [6.45, 7) is 0.574. The van der Waals surface area contributed by atoms with E-state index in [1.54, 1.807) is 12.3 Å². The zero-order chi connectivity index (χ0) is 12.3. The van der Waals surface area contributed by atoms with E-state index >= 15 is 0 Å². The fraction of sp³-hybridized carbons (Fsp3) is 0.308. The summed E-state index contributed by atoms with van der Waals surface area (Å²) in [5, 5.41) is 14.1. The number of phenols is 1. The van der Waals surface area contributed by atoms with Gasteiger partial charge in [-0.2, -0.15) is 5.10 Å². The number of nitrogens with zero attached hydrogens (tertiary/aromatic N) is 2. The van der Waals surface area contributed by atoms with Gasteiger partial charge in [0.1, 0.15) is 5.75 Å². The summed E-state index contributed by atoms with van der Waals surface area (Å²) in [5.74, 6) is 0.404. The average molecular weight is 231 g/mol. The predicted molar refractivity (Wildman–Crippen MR) is 66.8 cm³/mol. The minimum atomic E-state index is 0.0914. The van der Waals surface area contributed by atoms with E-state index in [1.165, 1.54) is 0 Å². The van der Waals surface area contributed by atoms with Crippen molar-refractivity contribution in [3.05, 3.63) is 47.8 Å². The zero-order valence-electron chi connectivity index (χ0n) is 9.87. The van der Waals surface area contributed by atoms with Crippen LogP contribution in [0.25, 0.3) is 0 Å². The number of hydrogen-bond donors (Lipinski definition) is 2. The first-order valence-corrected chi connectivity index (χ1v) is 5.70. The van der Waals surface area contributed by atoms with E-state index in [-0.39, 0.29) is 5.92 Å². The Labute approximate surface area is 101 Å². The normalized spacial score (nSPS) is 12.6. The molecule has 0 fully saturated rings. The van der Waals surface area contributed by atoms with Crippen LogP contribution in [0.2, 0.25) is 0 Å². The molecular weight excluding hydrogens is 214 g/mol. The van der Waals surface area contributed by atoms with Crippen LogP contribution < -0.4 is 5.73 Å². The van der Waals surface area contributed by atoms with Gasteiger partial charge in [0.15, 0.2) is 0 Å². The molecule has 3 N–H and O–H groups in total. The Balaban J connectivity index is 2.43. The van der Waals surface area contributed by atoms with Gasteiger partial charge in [-0.1, -0.05) is 18.2 Å². The van der Waals surface area contributed by atoms with Gasteiger partial charge in [0.05, 0.1) is 0 Å². The molecular formula is C13H17N3O. The lowest BCUT2D eigenvalue weighted by atomic mass is 9.91. The van der Waals surface area contributed by atoms with Crippen molar-refractivity contribution in [2.75, 3.05) is 6.54 Å². The monoisotopic (exact) mass is 231 g/mol. The second-order valence-corrected chi connectivity index (χ2v) is 4.07. The molecule has 1 aromatic carbocycles. The molecule has 0 bridgehead atoms. The maximum atomic E-state index is 9.93. The summed E-state index contributed by atoms with van der Waals surface area (Å²) in [5.41, 5.74) is 7.63. The summed E-state index contributed by atoms with van der Waals surface area (Å²) in [4.78, 5) is 0. The van der Waals surface area contributed by atoms with Gasteiger partial charge < -0.3 is 10.8 Å². The van der Waals surface area contributed by atoms with Gasteiger partial charge in [0.25, 0.3) is 0 Å². The van der Waals surface area contributed by atoms with E-state index in [2.05, 4.69) is 5.10 Å². The summed E-state index contributed by atoms with van der Waals surface area (Å²) in [6, 6.07) is 9.35. The molecule has 90 valence electrons. The molecule has 0 aliphatic carbocycles. The van der Waals surface area contributed by atoms with E-state index in [0.29, 0.717) is 12.3 Å². The highest BCUT2D eigenvalue weighted by atomic mass is 16.3. The lowest BCUT2D eigenvalue weighted by Gasteiger charge is -2.18. The molecule has 4 nitrogen and oxygen atoms in total. The zero-order valence-corrected chi connectivity index (χ0v) is 9.87. The van der Waals surface area contributed by atoms with Crippen molar-refractivity contribution in [2.24, 2.45) is 12.8 Å². The largest absolute Gasteiger partial charge is 0.508 e. The molecule has 17 heavy (non-hydrogen) atoms. The molecule has 0 aliphatic rings. The van der Waals surface area contributed by atoms with Crippen LogP contribution >= 0.6 is 0 Å². The highest BCUT2D eigenvalue weighted by Crippen LogP contribution is 2.32. The van der Waals surface area contributed by atoms with Gasteiger partial charge in [0, 0.05) is 30.4 Å². The fourth-order valence-corrected chi connectivity index (χ4v) is 2.14. The summed E-state index contributed by atoms with van der Waals surface area (Å²) >= 11 is 0. The van der Waals surface area contributed by atoms with Crippen LogP contribution in [0.3, 0.4) is 0 Å². The molecule has 0 spiro atoms. The Morgan fingerprint density at radius 1 is 1.35 bits per heavy atom. The van der Waals surface area contributed by atoms with Gasteiger partial charge >= 0.3 is 0 Å². The van der Waals surface area contributed by atoms with Crippen LogP contribution in [-0.2, 0) is 7.05 Å². The molecule has 2 rings (SSSR count). The van der Waals surface area contributed by atoms with E-state index < -0.39 is 0 Å². The summed E-state index contributed by atoms with van der Waals surface area (Å²) < 4.78 is 1.83. The Bertz CT molecular complexity index is 493. The molecule has 1 atom stereocenters. The lowest BCUT2D eigenvalue weighted by Crippen LogP contribution is -2.12. The molecule has 2 aromatic rings. The third-order valence-corrected chi connectivity index (χ3v) is 2.98. The third-order valence-electron chi connectivity index (χ3n) is 2.98. The molecule has 0 saturated heterocycles. The maximum absolute atomic E-state index is 9.93. The highest BCUT2D eigenvalue weighted by molar-refractivity contribution is 5.39. The summed E-state index contributed by atoms with van der Waals surface area (Å²) in [6.07, 6.45) is 2.55. The van der Waals surface area contributed by atoms with E-state index in [9.17, 15) is 5.11 Å². The van der Waals surface area contributed by atoms with E-state index in [0.717, 1.165) is 17.7 Å². The third kappa shape index (κ3) is 2.31. The Hall–Kier alpha value is -1.81. The molecule has 1 heterocycles. The van der Waals surface area contributed by atoms with Crippen molar-refractivity contribution in [3.63, 3.8) is 0 Å². The number of hydrogen-bond acceptors (Lipinski definition) is 3. The minimum Gasteiger partial charge on any atom is -0.508 e. The van der Waals surface area contributed by atoms with E-state index in [1.807, 2.05) is 36.0 Å². The molecule has 0 radical (unpaired) electrons. The number of benzene rings is 1. The van der Waals surface area contributed by atoms with Crippen molar-refractivity contribution in [1.29, 1.82) is 0 Å². The van der Waals surface area contributed by atoms with Gasteiger partial charge in [-0.05, 0) is 25.1 Å². The number of nitrogens with two attached hydrogens (primary N) is 1. The van der Waals surface area contributed by atoms with Crippen LogP contribution in [0, 0.1) is 0 Å². The number of aryl methyl sites for hydroxylation is 1. The van der Waals surface area contributed by atoms with Crippen molar-refractivity contribution in [3.8, 4) is 5.75 Å². The Morgan fingerprint density at radius 2 is 2.12 bits per heavy atom. The first kappa shape index (κ1) is 11.7. The Morgan fingerprint density at radius 3 is 2.71 bits per heavy atom. The standard InChI is InChI=1S/C13H17N3O/c1-16-12(7-9-15-16)10(6-8-14)11-4-2-3-5-13(11)17/h2-5,7,9-10,17H,6,8,14H2,1H3. The number of para-hydroxylation sites is 1. The lowest BCUT2D eigenvalue weighted by molar-refractivity contribution is 0.461. The number of phenolic OH excluding ortho intramolecular Hbond substituents is 1. The first-order valence-electron chi connectivity index (χ1n) is 5.70. The van der Waals surface area contributed by atoms with Gasteiger partial charge in [-0.3, -0.25) is 4.68 Å². The molecule has 0 aliphatic heterocycles. The van der Waals surface area contributed by atoms with Crippen LogP contribution in [0.1, 0.15) is 23.6 Å².